The maximum absolute atomic E-state index is 12.3. The van der Waals surface area contributed by atoms with Crippen LogP contribution in [0.2, 0.25) is 0 Å². The van der Waals surface area contributed by atoms with E-state index in [1.807, 2.05) is 24.3 Å². The highest BCUT2D eigenvalue weighted by molar-refractivity contribution is 7.80. The van der Waals surface area contributed by atoms with Crippen LogP contribution in [0.3, 0.4) is 0 Å². The molecule has 0 saturated heterocycles. The molecule has 0 aliphatic rings. The first-order valence-electron chi connectivity index (χ1n) is 10.2. The van der Waals surface area contributed by atoms with Crippen LogP contribution in [-0.4, -0.2) is 38.0 Å². The number of nitrogens with one attached hydrogen (secondary N) is 2. The molecule has 0 heterocycles. The fraction of sp³-hybridized carbons (Fsp3) is 0.391. The molecule has 6 nitrogen and oxygen atoms in total. The van der Waals surface area contributed by atoms with Crippen molar-refractivity contribution in [3.63, 3.8) is 0 Å². The van der Waals surface area contributed by atoms with E-state index in [1.54, 1.807) is 31.4 Å². The van der Waals surface area contributed by atoms with Gasteiger partial charge >= 0.3 is 0 Å². The quantitative estimate of drug-likeness (QED) is 0.372. The standard InChI is InChI=1S/C23H30N2O4S/c1-3-4-5-6-15-28-21-13-9-19(10-14-21)24-23(30)25-22(26)18-7-11-20(12-8-18)29-17-16-27-2/h7-14H,3-6,15-17H2,1-2H3,(H2,24,25,26,30). The molecule has 1 amide bonds. The van der Waals surface area contributed by atoms with Gasteiger partial charge in [0, 0.05) is 18.4 Å². The largest absolute Gasteiger partial charge is 0.494 e. The summed E-state index contributed by atoms with van der Waals surface area (Å²) < 4.78 is 16.2. The van der Waals surface area contributed by atoms with Crippen LogP contribution in [0.5, 0.6) is 11.5 Å². The van der Waals surface area contributed by atoms with Crippen molar-refractivity contribution in [2.24, 2.45) is 0 Å². The first kappa shape index (κ1) is 23.6. The van der Waals surface area contributed by atoms with E-state index in [0.717, 1.165) is 24.5 Å². The molecule has 0 unspecified atom stereocenters. The van der Waals surface area contributed by atoms with Crippen molar-refractivity contribution in [3.8, 4) is 11.5 Å². The molecule has 0 fully saturated rings. The minimum Gasteiger partial charge on any atom is -0.494 e. The van der Waals surface area contributed by atoms with Gasteiger partial charge in [-0.1, -0.05) is 26.2 Å². The lowest BCUT2D eigenvalue weighted by atomic mass is 10.2. The number of amides is 1. The van der Waals surface area contributed by atoms with Crippen molar-refractivity contribution in [2.75, 3.05) is 32.2 Å². The van der Waals surface area contributed by atoms with Gasteiger partial charge in [0.1, 0.15) is 18.1 Å². The number of benzene rings is 2. The number of hydrogen-bond donors (Lipinski definition) is 2. The fourth-order valence-corrected chi connectivity index (χ4v) is 2.85. The van der Waals surface area contributed by atoms with E-state index in [0.29, 0.717) is 24.5 Å². The van der Waals surface area contributed by atoms with E-state index >= 15 is 0 Å². The van der Waals surface area contributed by atoms with Gasteiger partial charge in [0.15, 0.2) is 5.11 Å². The van der Waals surface area contributed by atoms with Gasteiger partial charge in [-0.15, -0.1) is 0 Å². The monoisotopic (exact) mass is 430 g/mol. The maximum atomic E-state index is 12.3. The zero-order valence-corrected chi connectivity index (χ0v) is 18.4. The molecule has 7 heteroatoms. The average Bonchev–Trinajstić information content (AvgIpc) is 2.75. The van der Waals surface area contributed by atoms with Crippen LogP contribution in [0.1, 0.15) is 43.0 Å². The molecule has 162 valence electrons. The summed E-state index contributed by atoms with van der Waals surface area (Å²) in [6.07, 6.45) is 4.70. The summed E-state index contributed by atoms with van der Waals surface area (Å²) in [5.74, 6) is 1.21. The van der Waals surface area contributed by atoms with E-state index < -0.39 is 0 Å². The molecule has 2 aromatic rings. The van der Waals surface area contributed by atoms with Gasteiger partial charge in [-0.2, -0.15) is 0 Å². The van der Waals surface area contributed by atoms with E-state index in [1.165, 1.54) is 19.3 Å². The lowest BCUT2D eigenvalue weighted by Gasteiger charge is -2.11. The highest BCUT2D eigenvalue weighted by atomic mass is 32.1. The Morgan fingerprint density at radius 3 is 2.13 bits per heavy atom. The number of carbonyl (C=O) groups is 1. The minimum atomic E-state index is -0.289. The van der Waals surface area contributed by atoms with Crippen molar-refractivity contribution in [1.29, 1.82) is 0 Å². The van der Waals surface area contributed by atoms with Crippen LogP contribution in [0.25, 0.3) is 0 Å². The normalized spacial score (nSPS) is 10.3. The average molecular weight is 431 g/mol. The molecule has 0 saturated carbocycles. The molecular weight excluding hydrogens is 400 g/mol. The predicted octanol–water partition coefficient (Wildman–Crippen LogP) is 4.80. The van der Waals surface area contributed by atoms with Crippen LogP contribution in [-0.2, 0) is 4.74 Å². The molecular formula is C23H30N2O4S. The Bertz CT molecular complexity index is 779. The number of ether oxygens (including phenoxy) is 3. The second-order valence-electron chi connectivity index (χ2n) is 6.71. The molecule has 0 atom stereocenters. The van der Waals surface area contributed by atoms with Crippen molar-refractivity contribution < 1.29 is 19.0 Å². The Labute approximate surface area is 183 Å². The molecule has 2 rings (SSSR count). The predicted molar refractivity (Wildman–Crippen MR) is 124 cm³/mol. The van der Waals surface area contributed by atoms with E-state index in [2.05, 4.69) is 17.6 Å². The smallest absolute Gasteiger partial charge is 0.257 e. The number of anilines is 1. The second-order valence-corrected chi connectivity index (χ2v) is 7.12. The lowest BCUT2D eigenvalue weighted by Crippen LogP contribution is -2.34. The molecule has 30 heavy (non-hydrogen) atoms. The van der Waals surface area contributed by atoms with Gasteiger partial charge in [0.2, 0.25) is 0 Å². The summed E-state index contributed by atoms with van der Waals surface area (Å²) in [5.41, 5.74) is 1.27. The molecule has 2 N–H and O–H groups in total. The summed E-state index contributed by atoms with van der Waals surface area (Å²) >= 11 is 5.24. The minimum absolute atomic E-state index is 0.230. The summed E-state index contributed by atoms with van der Waals surface area (Å²) in [6, 6.07) is 14.4. The van der Waals surface area contributed by atoms with Crippen molar-refractivity contribution in [2.45, 2.75) is 32.6 Å². The highest BCUT2D eigenvalue weighted by Crippen LogP contribution is 2.16. The Hall–Kier alpha value is -2.64. The van der Waals surface area contributed by atoms with Gasteiger partial charge in [0.05, 0.1) is 13.2 Å². The second kappa shape index (κ2) is 13.6. The van der Waals surface area contributed by atoms with Crippen molar-refractivity contribution >= 4 is 28.9 Å². The number of methoxy groups -OCH3 is 1. The molecule has 0 spiro atoms. The Morgan fingerprint density at radius 1 is 0.867 bits per heavy atom. The van der Waals surface area contributed by atoms with Crippen LogP contribution in [0, 0.1) is 0 Å². The summed E-state index contributed by atoms with van der Waals surface area (Å²) in [7, 11) is 1.62. The van der Waals surface area contributed by atoms with Gasteiger partial charge in [-0.3, -0.25) is 10.1 Å². The van der Waals surface area contributed by atoms with Crippen LogP contribution in [0.4, 0.5) is 5.69 Å². The first-order valence-corrected chi connectivity index (χ1v) is 10.6. The summed E-state index contributed by atoms with van der Waals surface area (Å²) in [4.78, 5) is 12.3. The number of unbranched alkanes of at least 4 members (excludes halogenated alkanes) is 3. The fourth-order valence-electron chi connectivity index (χ4n) is 2.64. The van der Waals surface area contributed by atoms with E-state index in [9.17, 15) is 4.79 Å². The molecule has 0 radical (unpaired) electrons. The van der Waals surface area contributed by atoms with E-state index in [-0.39, 0.29) is 11.0 Å². The van der Waals surface area contributed by atoms with Crippen molar-refractivity contribution in [3.05, 3.63) is 54.1 Å². The van der Waals surface area contributed by atoms with Crippen LogP contribution in [0.15, 0.2) is 48.5 Å². The van der Waals surface area contributed by atoms with Gasteiger partial charge < -0.3 is 19.5 Å². The highest BCUT2D eigenvalue weighted by Gasteiger charge is 2.08. The number of rotatable bonds is 12. The zero-order chi connectivity index (χ0) is 21.6. The molecule has 0 aliphatic heterocycles. The summed E-state index contributed by atoms with van der Waals surface area (Å²) in [5, 5.41) is 5.91. The topological polar surface area (TPSA) is 68.8 Å². The van der Waals surface area contributed by atoms with Gasteiger partial charge in [-0.05, 0) is 67.2 Å². The Morgan fingerprint density at radius 2 is 1.50 bits per heavy atom. The maximum Gasteiger partial charge on any atom is 0.257 e. The van der Waals surface area contributed by atoms with Crippen LogP contribution >= 0.6 is 12.2 Å². The molecule has 0 bridgehead atoms. The first-order chi connectivity index (χ1) is 14.6. The Balaban J connectivity index is 1.75. The molecule has 0 aliphatic carbocycles. The lowest BCUT2D eigenvalue weighted by molar-refractivity contribution is 0.0977. The third-order valence-corrected chi connectivity index (χ3v) is 4.48. The van der Waals surface area contributed by atoms with E-state index in [4.69, 9.17) is 26.4 Å². The Kier molecular flexibility index (Phi) is 10.7. The number of thiocarbonyl (C=S) groups is 1. The number of carbonyl (C=O) groups excluding carboxylic acids is 1. The molecule has 2 aromatic carbocycles. The summed E-state index contributed by atoms with van der Waals surface area (Å²) in [6.45, 7) is 3.88. The van der Waals surface area contributed by atoms with Crippen LogP contribution < -0.4 is 20.1 Å². The third-order valence-electron chi connectivity index (χ3n) is 4.28. The van der Waals surface area contributed by atoms with Gasteiger partial charge in [-0.25, -0.2) is 0 Å². The SMILES string of the molecule is CCCCCCOc1ccc(NC(=S)NC(=O)c2ccc(OCCOC)cc2)cc1. The third kappa shape index (κ3) is 8.80. The number of hydrogen-bond acceptors (Lipinski definition) is 5. The zero-order valence-electron chi connectivity index (χ0n) is 17.6. The molecule has 0 aromatic heterocycles. The van der Waals surface area contributed by atoms with Crippen molar-refractivity contribution in [1.82, 2.24) is 5.32 Å². The van der Waals surface area contributed by atoms with Gasteiger partial charge in [0.25, 0.3) is 5.91 Å².